The van der Waals surface area contributed by atoms with Gasteiger partial charge in [-0.2, -0.15) is 0 Å². The zero-order valence-corrected chi connectivity index (χ0v) is 6.14. The number of nitrogens with one attached hydrogen (secondary N) is 1. The first-order chi connectivity index (χ1) is 4.97. The van der Waals surface area contributed by atoms with Gasteiger partial charge in [-0.3, -0.25) is 0 Å². The van der Waals surface area contributed by atoms with E-state index < -0.39 is 0 Å². The smallest absolute Gasteiger partial charge is 0.0170 e. The number of allylic oxidation sites excluding steroid dienone is 3. The summed E-state index contributed by atoms with van der Waals surface area (Å²) < 4.78 is 0. The topological polar surface area (TPSA) is 12.0 Å². The van der Waals surface area contributed by atoms with Crippen molar-refractivity contribution in [2.75, 3.05) is 13.1 Å². The van der Waals surface area contributed by atoms with Crippen LogP contribution in [0.15, 0.2) is 23.8 Å². The van der Waals surface area contributed by atoms with E-state index in [2.05, 4.69) is 23.5 Å². The fourth-order valence-corrected chi connectivity index (χ4v) is 1.74. The summed E-state index contributed by atoms with van der Waals surface area (Å²) in [7, 11) is 0. The number of piperidine rings is 1. The monoisotopic (exact) mass is 135 g/mol. The van der Waals surface area contributed by atoms with Crippen molar-refractivity contribution in [1.29, 1.82) is 0 Å². The van der Waals surface area contributed by atoms with E-state index in [9.17, 15) is 0 Å². The van der Waals surface area contributed by atoms with Crippen LogP contribution in [0.25, 0.3) is 0 Å². The molecule has 1 fully saturated rings. The molecule has 1 atom stereocenters. The molecule has 0 radical (unpaired) electrons. The second-order valence-corrected chi connectivity index (χ2v) is 3.07. The van der Waals surface area contributed by atoms with E-state index in [-0.39, 0.29) is 0 Å². The third kappa shape index (κ3) is 1.01. The Morgan fingerprint density at radius 3 is 3.40 bits per heavy atom. The molecule has 1 heteroatoms. The van der Waals surface area contributed by atoms with Gasteiger partial charge in [0.25, 0.3) is 0 Å². The SMILES string of the molecule is C1=CCC2CCNCC2=C1. The van der Waals surface area contributed by atoms with Gasteiger partial charge in [-0.05, 0) is 25.3 Å². The molecule has 1 heterocycles. The summed E-state index contributed by atoms with van der Waals surface area (Å²) in [6.07, 6.45) is 9.32. The van der Waals surface area contributed by atoms with E-state index in [1.807, 2.05) is 0 Å². The first kappa shape index (κ1) is 6.17. The lowest BCUT2D eigenvalue weighted by molar-refractivity contribution is 0.467. The van der Waals surface area contributed by atoms with Crippen LogP contribution in [0, 0.1) is 5.92 Å². The Kier molecular flexibility index (Phi) is 1.60. The fourth-order valence-electron chi connectivity index (χ4n) is 1.74. The standard InChI is InChI=1S/C9H13N/c1-2-4-9-7-10-6-5-8(9)3-1/h1-2,4,8,10H,3,5-7H2. The van der Waals surface area contributed by atoms with Gasteiger partial charge in [0.1, 0.15) is 0 Å². The highest BCUT2D eigenvalue weighted by molar-refractivity contribution is 5.23. The predicted molar refractivity (Wildman–Crippen MR) is 42.8 cm³/mol. The normalized spacial score (nSPS) is 31.2. The van der Waals surface area contributed by atoms with E-state index in [1.54, 1.807) is 5.57 Å². The number of hydrogen-bond acceptors (Lipinski definition) is 1. The zero-order valence-electron chi connectivity index (χ0n) is 6.14. The van der Waals surface area contributed by atoms with Gasteiger partial charge in [0.2, 0.25) is 0 Å². The zero-order chi connectivity index (χ0) is 6.81. The average Bonchev–Trinajstić information content (AvgIpc) is 2.05. The highest BCUT2D eigenvalue weighted by Gasteiger charge is 2.17. The van der Waals surface area contributed by atoms with Gasteiger partial charge in [-0.1, -0.05) is 23.8 Å². The first-order valence-electron chi connectivity index (χ1n) is 4.03. The van der Waals surface area contributed by atoms with Crippen LogP contribution in [-0.4, -0.2) is 13.1 Å². The molecule has 0 saturated carbocycles. The second-order valence-electron chi connectivity index (χ2n) is 3.07. The van der Waals surface area contributed by atoms with Crippen molar-refractivity contribution >= 4 is 0 Å². The fraction of sp³-hybridized carbons (Fsp3) is 0.556. The highest BCUT2D eigenvalue weighted by Crippen LogP contribution is 2.25. The van der Waals surface area contributed by atoms with Gasteiger partial charge in [0, 0.05) is 6.54 Å². The summed E-state index contributed by atoms with van der Waals surface area (Å²) in [5.74, 6) is 0.867. The van der Waals surface area contributed by atoms with E-state index in [0.717, 1.165) is 12.5 Å². The number of fused-ring (bicyclic) bond motifs is 1. The maximum absolute atomic E-state index is 3.38. The van der Waals surface area contributed by atoms with Crippen molar-refractivity contribution in [1.82, 2.24) is 5.32 Å². The molecular weight excluding hydrogens is 122 g/mol. The van der Waals surface area contributed by atoms with Crippen LogP contribution >= 0.6 is 0 Å². The van der Waals surface area contributed by atoms with Crippen molar-refractivity contribution in [2.45, 2.75) is 12.8 Å². The molecule has 10 heavy (non-hydrogen) atoms. The summed E-state index contributed by atoms with van der Waals surface area (Å²) in [6, 6.07) is 0. The van der Waals surface area contributed by atoms with Gasteiger partial charge >= 0.3 is 0 Å². The lowest BCUT2D eigenvalue weighted by Gasteiger charge is -2.26. The van der Waals surface area contributed by atoms with Crippen LogP contribution in [0.3, 0.4) is 0 Å². The van der Waals surface area contributed by atoms with E-state index in [4.69, 9.17) is 0 Å². The predicted octanol–water partition coefficient (Wildman–Crippen LogP) is 1.48. The molecule has 1 saturated heterocycles. The minimum atomic E-state index is 0.867. The lowest BCUT2D eigenvalue weighted by Crippen LogP contribution is -2.30. The summed E-state index contributed by atoms with van der Waals surface area (Å²) in [6.45, 7) is 2.32. The molecule has 0 bridgehead atoms. The molecule has 0 amide bonds. The van der Waals surface area contributed by atoms with Crippen molar-refractivity contribution in [2.24, 2.45) is 5.92 Å². The molecule has 0 spiro atoms. The Bertz CT molecular complexity index is 179. The van der Waals surface area contributed by atoms with Crippen LogP contribution in [-0.2, 0) is 0 Å². The summed E-state index contributed by atoms with van der Waals surface area (Å²) in [5, 5.41) is 3.38. The maximum Gasteiger partial charge on any atom is 0.0170 e. The largest absolute Gasteiger partial charge is 0.313 e. The van der Waals surface area contributed by atoms with Crippen molar-refractivity contribution in [3.8, 4) is 0 Å². The van der Waals surface area contributed by atoms with Crippen LogP contribution in [0.5, 0.6) is 0 Å². The Morgan fingerprint density at radius 1 is 1.50 bits per heavy atom. The maximum atomic E-state index is 3.38. The molecule has 1 N–H and O–H groups in total. The van der Waals surface area contributed by atoms with Crippen LogP contribution in [0.2, 0.25) is 0 Å². The minimum absolute atomic E-state index is 0.867. The molecular formula is C9H13N. The summed E-state index contributed by atoms with van der Waals surface area (Å²) >= 11 is 0. The Labute approximate surface area is 61.8 Å². The van der Waals surface area contributed by atoms with E-state index >= 15 is 0 Å². The Morgan fingerprint density at radius 2 is 2.50 bits per heavy atom. The van der Waals surface area contributed by atoms with Gasteiger partial charge < -0.3 is 5.32 Å². The van der Waals surface area contributed by atoms with Crippen molar-refractivity contribution in [3.63, 3.8) is 0 Å². The molecule has 0 aromatic heterocycles. The van der Waals surface area contributed by atoms with E-state index in [1.165, 1.54) is 19.4 Å². The highest BCUT2D eigenvalue weighted by atomic mass is 14.9. The molecule has 1 nitrogen and oxygen atoms in total. The third-order valence-corrected chi connectivity index (χ3v) is 2.39. The van der Waals surface area contributed by atoms with Crippen molar-refractivity contribution < 1.29 is 0 Å². The van der Waals surface area contributed by atoms with Crippen LogP contribution < -0.4 is 5.32 Å². The molecule has 1 aliphatic heterocycles. The van der Waals surface area contributed by atoms with Gasteiger partial charge in [0.15, 0.2) is 0 Å². The molecule has 0 aromatic rings. The number of rotatable bonds is 0. The van der Waals surface area contributed by atoms with Crippen LogP contribution in [0.4, 0.5) is 0 Å². The molecule has 0 aromatic carbocycles. The average molecular weight is 135 g/mol. The Balaban J connectivity index is 2.14. The van der Waals surface area contributed by atoms with Gasteiger partial charge in [0.05, 0.1) is 0 Å². The van der Waals surface area contributed by atoms with E-state index in [0.29, 0.717) is 0 Å². The molecule has 1 unspecified atom stereocenters. The summed E-state index contributed by atoms with van der Waals surface area (Å²) in [4.78, 5) is 0. The summed E-state index contributed by atoms with van der Waals surface area (Å²) in [5.41, 5.74) is 1.61. The molecule has 54 valence electrons. The molecule has 2 rings (SSSR count). The van der Waals surface area contributed by atoms with Gasteiger partial charge in [-0.15, -0.1) is 0 Å². The lowest BCUT2D eigenvalue weighted by atomic mass is 9.86. The third-order valence-electron chi connectivity index (χ3n) is 2.39. The second kappa shape index (κ2) is 2.59. The molecule has 1 aliphatic carbocycles. The van der Waals surface area contributed by atoms with Crippen molar-refractivity contribution in [3.05, 3.63) is 23.8 Å². The Hall–Kier alpha value is -0.560. The molecule has 2 aliphatic rings. The minimum Gasteiger partial charge on any atom is -0.313 e. The first-order valence-corrected chi connectivity index (χ1v) is 4.03. The number of hydrogen-bond donors (Lipinski definition) is 1. The van der Waals surface area contributed by atoms with Crippen LogP contribution in [0.1, 0.15) is 12.8 Å². The quantitative estimate of drug-likeness (QED) is 0.530. The van der Waals surface area contributed by atoms with Gasteiger partial charge in [-0.25, -0.2) is 0 Å².